The monoisotopic (exact) mass is 461 g/mol. The van der Waals surface area contributed by atoms with E-state index in [0.717, 1.165) is 17.7 Å². The standard InChI is InChI=1S/C21H18F3N5O2S/c1-29-17(11-30-15-8-6-14(7-9-15)21(22,23)24)16(10-27-29)19-28-20(32-31-19)13-4-2-12(3-5-13)18(25)26/h2-10,20H,11H2,1H3,(H3,25,26). The van der Waals surface area contributed by atoms with Gasteiger partial charge in [0.15, 0.2) is 5.37 Å². The first-order valence-corrected chi connectivity index (χ1v) is 10.2. The molecule has 2 heterocycles. The highest BCUT2D eigenvalue weighted by atomic mass is 32.2. The molecule has 3 N–H and O–H groups in total. The Morgan fingerprint density at radius 3 is 2.50 bits per heavy atom. The number of aromatic nitrogens is 2. The molecule has 32 heavy (non-hydrogen) atoms. The van der Waals surface area contributed by atoms with Crippen LogP contribution in [0.15, 0.2) is 59.7 Å². The lowest BCUT2D eigenvalue weighted by Gasteiger charge is -2.10. The second kappa shape index (κ2) is 8.58. The van der Waals surface area contributed by atoms with Crippen LogP contribution in [0.3, 0.4) is 0 Å². The highest BCUT2D eigenvalue weighted by Gasteiger charge is 2.30. The molecule has 1 aromatic heterocycles. The summed E-state index contributed by atoms with van der Waals surface area (Å²) >= 11 is 1.18. The van der Waals surface area contributed by atoms with Crippen molar-refractivity contribution < 1.29 is 22.1 Å². The van der Waals surface area contributed by atoms with E-state index in [9.17, 15) is 13.2 Å². The average molecular weight is 461 g/mol. The molecule has 2 aromatic carbocycles. The second-order valence-corrected chi connectivity index (χ2v) is 7.75. The quantitative estimate of drug-likeness (QED) is 0.322. The van der Waals surface area contributed by atoms with Crippen molar-refractivity contribution in [2.24, 2.45) is 17.8 Å². The van der Waals surface area contributed by atoms with E-state index in [0.29, 0.717) is 28.5 Å². The molecular weight excluding hydrogens is 443 g/mol. The molecule has 166 valence electrons. The molecule has 1 aliphatic rings. The molecule has 4 rings (SSSR count). The fraction of sp³-hybridized carbons (Fsp3) is 0.190. The predicted octanol–water partition coefficient (Wildman–Crippen LogP) is 4.43. The van der Waals surface area contributed by atoms with Gasteiger partial charge in [0.2, 0.25) is 5.90 Å². The fourth-order valence-electron chi connectivity index (χ4n) is 3.02. The molecule has 11 heteroatoms. The maximum atomic E-state index is 12.7. The van der Waals surface area contributed by atoms with Crippen LogP contribution in [-0.2, 0) is 24.0 Å². The fourth-order valence-corrected chi connectivity index (χ4v) is 3.74. The van der Waals surface area contributed by atoms with E-state index in [1.165, 1.54) is 24.2 Å². The zero-order chi connectivity index (χ0) is 22.9. The van der Waals surface area contributed by atoms with Gasteiger partial charge in [-0.1, -0.05) is 24.3 Å². The summed E-state index contributed by atoms with van der Waals surface area (Å²) in [6, 6.07) is 11.7. The van der Waals surface area contributed by atoms with Crippen molar-refractivity contribution in [3.8, 4) is 5.75 Å². The summed E-state index contributed by atoms with van der Waals surface area (Å²) in [7, 11) is 1.73. The van der Waals surface area contributed by atoms with Crippen LogP contribution in [0, 0.1) is 5.41 Å². The Morgan fingerprint density at radius 1 is 1.19 bits per heavy atom. The molecule has 3 aromatic rings. The Kier molecular flexibility index (Phi) is 5.83. The number of aliphatic imine (C=N–C) groups is 1. The van der Waals surface area contributed by atoms with Gasteiger partial charge in [-0.05, 0) is 29.8 Å². The lowest BCUT2D eigenvalue weighted by molar-refractivity contribution is -0.137. The van der Waals surface area contributed by atoms with Crippen molar-refractivity contribution in [1.82, 2.24) is 9.78 Å². The number of nitrogens with one attached hydrogen (secondary N) is 1. The third-order valence-electron chi connectivity index (χ3n) is 4.81. The minimum atomic E-state index is -4.40. The van der Waals surface area contributed by atoms with Crippen molar-refractivity contribution in [3.63, 3.8) is 0 Å². The Bertz CT molecular complexity index is 1160. The highest BCUT2D eigenvalue weighted by Crippen LogP contribution is 2.38. The van der Waals surface area contributed by atoms with Crippen molar-refractivity contribution in [2.45, 2.75) is 18.2 Å². The first kappa shape index (κ1) is 21.8. The van der Waals surface area contributed by atoms with Crippen LogP contribution in [-0.4, -0.2) is 21.5 Å². The van der Waals surface area contributed by atoms with Gasteiger partial charge in [-0.25, -0.2) is 4.99 Å². The van der Waals surface area contributed by atoms with E-state index in [1.807, 2.05) is 12.1 Å². The summed E-state index contributed by atoms with van der Waals surface area (Å²) in [6.07, 6.45) is -2.79. The van der Waals surface area contributed by atoms with Crippen molar-refractivity contribution in [2.75, 3.05) is 0 Å². The first-order valence-electron chi connectivity index (χ1n) is 9.39. The number of aryl methyl sites for hydroxylation is 1. The SMILES string of the molecule is Cn1ncc(C2=NC(c3ccc(C(=N)N)cc3)SO2)c1COc1ccc(C(F)(F)F)cc1. The average Bonchev–Trinajstić information content (AvgIpc) is 3.39. The van der Waals surface area contributed by atoms with Crippen LogP contribution < -0.4 is 10.5 Å². The number of hydrogen-bond donors (Lipinski definition) is 2. The third-order valence-corrected chi connectivity index (χ3v) is 5.62. The van der Waals surface area contributed by atoms with Crippen molar-refractivity contribution in [3.05, 3.63) is 82.7 Å². The van der Waals surface area contributed by atoms with Gasteiger partial charge in [0.05, 0.1) is 35.1 Å². The maximum Gasteiger partial charge on any atom is 0.416 e. The molecule has 0 amide bonds. The number of halogens is 3. The molecule has 0 fully saturated rings. The Morgan fingerprint density at radius 2 is 1.88 bits per heavy atom. The first-order chi connectivity index (χ1) is 15.2. The molecule has 0 bridgehead atoms. The van der Waals surface area contributed by atoms with Gasteiger partial charge in [0.25, 0.3) is 0 Å². The van der Waals surface area contributed by atoms with Crippen LogP contribution in [0.4, 0.5) is 13.2 Å². The zero-order valence-electron chi connectivity index (χ0n) is 16.8. The summed E-state index contributed by atoms with van der Waals surface area (Å²) in [5, 5.41) is 11.4. The summed E-state index contributed by atoms with van der Waals surface area (Å²) in [4.78, 5) is 4.61. The number of hydrogen-bond acceptors (Lipinski definition) is 6. The lowest BCUT2D eigenvalue weighted by Crippen LogP contribution is -2.10. The van der Waals surface area contributed by atoms with E-state index >= 15 is 0 Å². The molecule has 0 radical (unpaired) electrons. The normalized spacial score (nSPS) is 15.9. The van der Waals surface area contributed by atoms with Gasteiger partial charge in [-0.2, -0.15) is 18.3 Å². The predicted molar refractivity (Wildman–Crippen MR) is 114 cm³/mol. The number of ether oxygens (including phenoxy) is 1. The van der Waals surface area contributed by atoms with Crippen molar-refractivity contribution in [1.29, 1.82) is 5.41 Å². The van der Waals surface area contributed by atoms with Crippen LogP contribution >= 0.6 is 12.0 Å². The summed E-state index contributed by atoms with van der Waals surface area (Å²) in [6.45, 7) is 0.0716. The summed E-state index contributed by atoms with van der Waals surface area (Å²) in [5.41, 5.74) is 7.56. The van der Waals surface area contributed by atoms with E-state index in [-0.39, 0.29) is 17.8 Å². The smallest absolute Gasteiger partial charge is 0.416 e. The lowest BCUT2D eigenvalue weighted by atomic mass is 10.1. The number of nitrogens with two attached hydrogens (primary N) is 1. The number of amidine groups is 1. The van der Waals surface area contributed by atoms with Gasteiger partial charge in [-0.15, -0.1) is 0 Å². The van der Waals surface area contributed by atoms with Gasteiger partial charge < -0.3 is 14.7 Å². The maximum absolute atomic E-state index is 12.7. The summed E-state index contributed by atoms with van der Waals surface area (Å²) in [5.74, 6) is 0.677. The molecule has 0 saturated carbocycles. The molecule has 1 aliphatic heterocycles. The Labute approximate surface area is 185 Å². The minimum absolute atomic E-state index is 0.0101. The van der Waals surface area contributed by atoms with E-state index in [4.69, 9.17) is 20.1 Å². The summed E-state index contributed by atoms with van der Waals surface area (Å²) < 4.78 is 51.1. The molecule has 1 unspecified atom stereocenters. The molecule has 0 spiro atoms. The third kappa shape index (κ3) is 4.57. The topological polar surface area (TPSA) is 98.5 Å². The van der Waals surface area contributed by atoms with Crippen molar-refractivity contribution >= 4 is 23.8 Å². The number of nitrogens with zero attached hydrogens (tertiary/aromatic N) is 3. The van der Waals surface area contributed by atoms with Gasteiger partial charge >= 0.3 is 6.18 Å². The van der Waals surface area contributed by atoms with E-state index in [2.05, 4.69) is 10.1 Å². The molecule has 0 aliphatic carbocycles. The number of alkyl halides is 3. The zero-order valence-corrected chi connectivity index (χ0v) is 17.6. The van der Waals surface area contributed by atoms with Crippen LogP contribution in [0.2, 0.25) is 0 Å². The Balaban J connectivity index is 1.49. The molecule has 0 saturated heterocycles. The second-order valence-electron chi connectivity index (χ2n) is 6.94. The molecule has 7 nitrogen and oxygen atoms in total. The molecule has 1 atom stereocenters. The van der Waals surface area contributed by atoms with E-state index < -0.39 is 11.7 Å². The number of nitrogen functional groups attached to an aromatic ring is 1. The van der Waals surface area contributed by atoms with Gasteiger partial charge in [0.1, 0.15) is 18.2 Å². The highest BCUT2D eigenvalue weighted by molar-refractivity contribution is 7.95. The van der Waals surface area contributed by atoms with Gasteiger partial charge in [0, 0.05) is 12.6 Å². The number of benzene rings is 2. The molecular formula is C21H18F3N5O2S. The van der Waals surface area contributed by atoms with Crippen LogP contribution in [0.25, 0.3) is 0 Å². The minimum Gasteiger partial charge on any atom is -0.487 e. The van der Waals surface area contributed by atoms with Crippen LogP contribution in [0.5, 0.6) is 5.75 Å². The van der Waals surface area contributed by atoms with Crippen LogP contribution in [0.1, 0.15) is 33.3 Å². The van der Waals surface area contributed by atoms with Gasteiger partial charge in [-0.3, -0.25) is 10.1 Å². The van der Waals surface area contributed by atoms with E-state index in [1.54, 1.807) is 30.1 Å². The number of rotatable bonds is 6. The largest absolute Gasteiger partial charge is 0.487 e. The Hall–Kier alpha value is -3.47.